The number of ether oxygens (including phenoxy) is 1. The number of benzene rings is 2. The predicted molar refractivity (Wildman–Crippen MR) is 100 cm³/mol. The Kier molecular flexibility index (Phi) is 4.85. The summed E-state index contributed by atoms with van der Waals surface area (Å²) in [5.74, 6) is -0.215. The highest BCUT2D eigenvalue weighted by Gasteiger charge is 2.43. The van der Waals surface area contributed by atoms with E-state index < -0.39 is 5.60 Å². The Morgan fingerprint density at radius 2 is 2.00 bits per heavy atom. The van der Waals surface area contributed by atoms with Crippen molar-refractivity contribution in [2.24, 2.45) is 0 Å². The molecule has 5 nitrogen and oxygen atoms in total. The first-order chi connectivity index (χ1) is 13.0. The van der Waals surface area contributed by atoms with Crippen LogP contribution in [0.4, 0.5) is 10.1 Å². The van der Waals surface area contributed by atoms with Gasteiger partial charge in [-0.25, -0.2) is 4.39 Å². The molecule has 2 heterocycles. The summed E-state index contributed by atoms with van der Waals surface area (Å²) < 4.78 is 19.6. The van der Waals surface area contributed by atoms with Crippen LogP contribution in [0, 0.1) is 5.82 Å². The van der Waals surface area contributed by atoms with Gasteiger partial charge in [0, 0.05) is 24.3 Å². The normalized spacial score (nSPS) is 23.7. The molecule has 2 saturated heterocycles. The second kappa shape index (κ2) is 7.29. The molecular weight excluding hydrogens is 347 g/mol. The lowest BCUT2D eigenvalue weighted by molar-refractivity contribution is -0.146. The molecule has 0 aliphatic carbocycles. The van der Waals surface area contributed by atoms with Gasteiger partial charge < -0.3 is 14.7 Å². The van der Waals surface area contributed by atoms with Gasteiger partial charge in [-0.1, -0.05) is 24.3 Å². The van der Waals surface area contributed by atoms with Gasteiger partial charge in [-0.15, -0.1) is 0 Å². The van der Waals surface area contributed by atoms with Crippen molar-refractivity contribution < 1.29 is 19.0 Å². The van der Waals surface area contributed by atoms with Crippen LogP contribution in [-0.2, 0) is 16.1 Å². The minimum atomic E-state index is -0.469. The molecule has 2 fully saturated rings. The molecule has 142 valence electrons. The van der Waals surface area contributed by atoms with Crippen LogP contribution in [0.5, 0.6) is 5.75 Å². The van der Waals surface area contributed by atoms with E-state index >= 15 is 0 Å². The maximum atomic E-state index is 13.6. The van der Waals surface area contributed by atoms with Gasteiger partial charge in [-0.2, -0.15) is 0 Å². The molecule has 2 aliphatic rings. The third kappa shape index (κ3) is 3.82. The summed E-state index contributed by atoms with van der Waals surface area (Å²) >= 11 is 0. The Hall–Kier alpha value is -2.44. The number of para-hydroxylation sites is 1. The number of anilines is 1. The number of aromatic hydroxyl groups is 1. The number of hydrogen-bond acceptors (Lipinski definition) is 4. The van der Waals surface area contributed by atoms with Crippen molar-refractivity contribution in [3.8, 4) is 5.75 Å². The van der Waals surface area contributed by atoms with Crippen LogP contribution in [0.25, 0.3) is 0 Å². The van der Waals surface area contributed by atoms with E-state index in [-0.39, 0.29) is 18.3 Å². The summed E-state index contributed by atoms with van der Waals surface area (Å²) in [5, 5.41) is 10.0. The molecule has 2 aromatic rings. The van der Waals surface area contributed by atoms with Crippen molar-refractivity contribution in [1.29, 1.82) is 0 Å². The van der Waals surface area contributed by atoms with Crippen LogP contribution in [0.3, 0.4) is 0 Å². The highest BCUT2D eigenvalue weighted by Crippen LogP contribution is 2.33. The second-order valence-electron chi connectivity index (χ2n) is 7.37. The van der Waals surface area contributed by atoms with Crippen molar-refractivity contribution in [3.05, 3.63) is 59.9 Å². The SMILES string of the molecule is O=C1COC2(CCCN(Cc3ccccc3O)C2)CN1c1cccc(F)c1. The molecule has 0 saturated carbocycles. The summed E-state index contributed by atoms with van der Waals surface area (Å²) in [6.07, 6.45) is 1.79. The van der Waals surface area contributed by atoms with E-state index in [9.17, 15) is 14.3 Å². The van der Waals surface area contributed by atoms with Crippen molar-refractivity contribution >= 4 is 11.6 Å². The van der Waals surface area contributed by atoms with Crippen LogP contribution >= 0.6 is 0 Å². The highest BCUT2D eigenvalue weighted by molar-refractivity contribution is 5.95. The summed E-state index contributed by atoms with van der Waals surface area (Å²) in [6, 6.07) is 13.5. The Balaban J connectivity index is 1.52. The van der Waals surface area contributed by atoms with Gasteiger partial charge in [0.15, 0.2) is 0 Å². The van der Waals surface area contributed by atoms with E-state index in [1.54, 1.807) is 23.1 Å². The lowest BCUT2D eigenvalue weighted by Gasteiger charge is -2.47. The van der Waals surface area contributed by atoms with Crippen LogP contribution in [0.15, 0.2) is 48.5 Å². The van der Waals surface area contributed by atoms with Gasteiger partial charge in [0.05, 0.1) is 12.1 Å². The molecule has 4 rings (SSSR count). The quantitative estimate of drug-likeness (QED) is 0.903. The Morgan fingerprint density at radius 3 is 2.81 bits per heavy atom. The monoisotopic (exact) mass is 370 g/mol. The number of piperidine rings is 1. The topological polar surface area (TPSA) is 53.0 Å². The number of halogens is 1. The number of rotatable bonds is 3. The van der Waals surface area contributed by atoms with E-state index in [0.29, 0.717) is 31.1 Å². The van der Waals surface area contributed by atoms with E-state index in [4.69, 9.17) is 4.74 Å². The second-order valence-corrected chi connectivity index (χ2v) is 7.37. The van der Waals surface area contributed by atoms with E-state index in [1.165, 1.54) is 12.1 Å². The summed E-state index contributed by atoms with van der Waals surface area (Å²) in [5.41, 5.74) is 0.979. The fraction of sp³-hybridized carbons (Fsp3) is 0.381. The van der Waals surface area contributed by atoms with Crippen LogP contribution in [0.2, 0.25) is 0 Å². The molecule has 1 amide bonds. The first kappa shape index (κ1) is 17.9. The van der Waals surface area contributed by atoms with Gasteiger partial charge in [-0.05, 0) is 43.7 Å². The maximum absolute atomic E-state index is 13.6. The van der Waals surface area contributed by atoms with Crippen LogP contribution in [-0.4, -0.2) is 47.8 Å². The number of amides is 1. The van der Waals surface area contributed by atoms with Crippen molar-refractivity contribution in [2.75, 3.05) is 31.1 Å². The van der Waals surface area contributed by atoms with Gasteiger partial charge in [0.2, 0.25) is 0 Å². The average Bonchev–Trinajstić information content (AvgIpc) is 2.66. The van der Waals surface area contributed by atoms with Crippen molar-refractivity contribution in [1.82, 2.24) is 4.90 Å². The minimum Gasteiger partial charge on any atom is -0.508 e. The Bertz CT molecular complexity index is 844. The van der Waals surface area contributed by atoms with Crippen LogP contribution in [0.1, 0.15) is 18.4 Å². The maximum Gasteiger partial charge on any atom is 0.253 e. The minimum absolute atomic E-state index is 0.000933. The molecule has 1 atom stereocenters. The molecule has 27 heavy (non-hydrogen) atoms. The zero-order valence-electron chi connectivity index (χ0n) is 15.1. The standard InChI is InChI=1S/C21H23FN2O3/c22-17-6-3-7-18(11-17)24-15-21(27-13-20(24)26)9-4-10-23(14-21)12-16-5-1-2-8-19(16)25/h1-3,5-8,11,25H,4,9-10,12-15H2. The van der Waals surface area contributed by atoms with Crippen LogP contribution < -0.4 is 4.90 Å². The number of nitrogens with zero attached hydrogens (tertiary/aromatic N) is 2. The molecule has 0 aromatic heterocycles. The number of phenols is 1. The molecule has 2 aromatic carbocycles. The number of likely N-dealkylation sites (tertiary alicyclic amines) is 1. The fourth-order valence-corrected chi connectivity index (χ4v) is 4.05. The zero-order chi connectivity index (χ0) is 18.9. The first-order valence-electron chi connectivity index (χ1n) is 9.24. The zero-order valence-corrected chi connectivity index (χ0v) is 15.1. The molecule has 0 radical (unpaired) electrons. The lowest BCUT2D eigenvalue weighted by atomic mass is 9.90. The highest BCUT2D eigenvalue weighted by atomic mass is 19.1. The van der Waals surface area contributed by atoms with Crippen molar-refractivity contribution in [3.63, 3.8) is 0 Å². The van der Waals surface area contributed by atoms with Crippen molar-refractivity contribution in [2.45, 2.75) is 25.0 Å². The number of hydrogen-bond donors (Lipinski definition) is 1. The summed E-state index contributed by atoms with van der Waals surface area (Å²) in [7, 11) is 0. The summed E-state index contributed by atoms with van der Waals surface area (Å²) in [6.45, 7) is 2.62. The third-order valence-corrected chi connectivity index (χ3v) is 5.37. The average molecular weight is 370 g/mol. The first-order valence-corrected chi connectivity index (χ1v) is 9.24. The Labute approximate surface area is 158 Å². The molecule has 1 spiro atoms. The molecule has 0 bridgehead atoms. The summed E-state index contributed by atoms with van der Waals surface area (Å²) in [4.78, 5) is 16.3. The van der Waals surface area contributed by atoms with E-state index in [2.05, 4.69) is 4.90 Å². The molecule has 1 unspecified atom stereocenters. The van der Waals surface area contributed by atoms with E-state index in [0.717, 1.165) is 24.9 Å². The third-order valence-electron chi connectivity index (χ3n) is 5.37. The fourth-order valence-electron chi connectivity index (χ4n) is 4.05. The largest absolute Gasteiger partial charge is 0.508 e. The molecule has 1 N–H and O–H groups in total. The predicted octanol–water partition coefficient (Wildman–Crippen LogP) is 2.93. The van der Waals surface area contributed by atoms with Gasteiger partial charge >= 0.3 is 0 Å². The lowest BCUT2D eigenvalue weighted by Crippen LogP contribution is -2.61. The molecular formula is C21H23FN2O3. The van der Waals surface area contributed by atoms with E-state index in [1.807, 2.05) is 18.2 Å². The number of carbonyl (C=O) groups is 1. The molecule has 2 aliphatic heterocycles. The smallest absolute Gasteiger partial charge is 0.253 e. The number of phenolic OH excluding ortho intramolecular Hbond substituents is 1. The Morgan fingerprint density at radius 1 is 1.15 bits per heavy atom. The van der Waals surface area contributed by atoms with Gasteiger partial charge in [0.1, 0.15) is 18.2 Å². The number of morpholine rings is 1. The number of carbonyl (C=O) groups excluding carboxylic acids is 1. The van der Waals surface area contributed by atoms with Gasteiger partial charge in [-0.3, -0.25) is 9.69 Å². The van der Waals surface area contributed by atoms with Gasteiger partial charge in [0.25, 0.3) is 5.91 Å². The molecule has 6 heteroatoms.